The van der Waals surface area contributed by atoms with E-state index in [1.165, 1.54) is 12.1 Å². The predicted octanol–water partition coefficient (Wildman–Crippen LogP) is 2.08. The molecule has 0 spiro atoms. The Morgan fingerprint density at radius 3 is 2.26 bits per heavy atom. The summed E-state index contributed by atoms with van der Waals surface area (Å²) in [5, 5.41) is 0. The molecule has 6 heteroatoms. The van der Waals surface area contributed by atoms with E-state index >= 15 is 0 Å². The molecule has 0 bridgehead atoms. The van der Waals surface area contributed by atoms with Crippen LogP contribution in [0.2, 0.25) is 0 Å². The van der Waals surface area contributed by atoms with E-state index in [9.17, 15) is 8.42 Å². The molecule has 5 nitrogen and oxygen atoms in total. The summed E-state index contributed by atoms with van der Waals surface area (Å²) in [6.07, 6.45) is 1.88. The van der Waals surface area contributed by atoms with E-state index in [1.807, 2.05) is 6.92 Å². The van der Waals surface area contributed by atoms with E-state index in [1.54, 1.807) is 12.1 Å². The summed E-state index contributed by atoms with van der Waals surface area (Å²) in [5.41, 5.74) is 3.14. The van der Waals surface area contributed by atoms with Crippen molar-refractivity contribution < 1.29 is 8.42 Å². The quantitative estimate of drug-likeness (QED) is 0.529. The molecule has 0 aromatic heterocycles. The van der Waals surface area contributed by atoms with Crippen LogP contribution in [0, 0.1) is 5.92 Å². The molecule has 1 rings (SSSR count). The number of hydrogen-bond acceptors (Lipinski definition) is 4. The van der Waals surface area contributed by atoms with Crippen LogP contribution in [-0.2, 0) is 10.0 Å². The van der Waals surface area contributed by atoms with Crippen LogP contribution in [0.3, 0.4) is 0 Å². The SMILES string of the molecule is CCC(C)CC(C)NS(=O)(=O)c1ccc(NN)cc1. The Balaban J connectivity index is 2.74. The number of rotatable bonds is 7. The third-order valence-electron chi connectivity index (χ3n) is 3.14. The van der Waals surface area contributed by atoms with E-state index in [0.717, 1.165) is 12.8 Å². The highest BCUT2D eigenvalue weighted by Crippen LogP contribution is 2.15. The average Bonchev–Trinajstić information content (AvgIpc) is 2.37. The van der Waals surface area contributed by atoms with E-state index in [4.69, 9.17) is 5.84 Å². The monoisotopic (exact) mass is 285 g/mol. The second-order valence-corrected chi connectivity index (χ2v) is 6.65. The normalized spacial score (nSPS) is 14.9. The lowest BCUT2D eigenvalue weighted by atomic mass is 10.0. The fraction of sp³-hybridized carbons (Fsp3) is 0.538. The Bertz CT molecular complexity index is 485. The molecule has 0 aliphatic heterocycles. The molecule has 4 N–H and O–H groups in total. The molecule has 0 aliphatic carbocycles. The number of nitrogen functional groups attached to an aromatic ring is 1. The molecule has 0 fully saturated rings. The second kappa shape index (κ2) is 6.88. The summed E-state index contributed by atoms with van der Waals surface area (Å²) in [6, 6.07) is 6.26. The van der Waals surface area contributed by atoms with Gasteiger partial charge in [0.1, 0.15) is 0 Å². The molecule has 19 heavy (non-hydrogen) atoms. The molecule has 1 aromatic rings. The number of nitrogens with one attached hydrogen (secondary N) is 2. The Kier molecular flexibility index (Phi) is 5.78. The van der Waals surface area contributed by atoms with Gasteiger partial charge in [0.2, 0.25) is 10.0 Å². The van der Waals surface area contributed by atoms with Gasteiger partial charge in [0.05, 0.1) is 4.90 Å². The molecular formula is C13H23N3O2S. The Morgan fingerprint density at radius 2 is 1.79 bits per heavy atom. The predicted molar refractivity (Wildman–Crippen MR) is 78.1 cm³/mol. The first-order chi connectivity index (χ1) is 8.89. The summed E-state index contributed by atoms with van der Waals surface area (Å²) in [6.45, 7) is 6.11. The van der Waals surface area contributed by atoms with Gasteiger partial charge in [-0.15, -0.1) is 0 Å². The topological polar surface area (TPSA) is 84.2 Å². The van der Waals surface area contributed by atoms with Crippen LogP contribution in [0.25, 0.3) is 0 Å². The first-order valence-corrected chi connectivity index (χ1v) is 7.96. The highest BCUT2D eigenvalue weighted by atomic mass is 32.2. The van der Waals surface area contributed by atoms with Gasteiger partial charge >= 0.3 is 0 Å². The van der Waals surface area contributed by atoms with Crippen molar-refractivity contribution in [1.82, 2.24) is 4.72 Å². The average molecular weight is 285 g/mol. The van der Waals surface area contributed by atoms with Gasteiger partial charge < -0.3 is 5.43 Å². The molecule has 0 radical (unpaired) electrons. The van der Waals surface area contributed by atoms with Crippen LogP contribution >= 0.6 is 0 Å². The second-order valence-electron chi connectivity index (χ2n) is 4.94. The number of anilines is 1. The first-order valence-electron chi connectivity index (χ1n) is 6.48. The lowest BCUT2D eigenvalue weighted by Gasteiger charge is -2.17. The fourth-order valence-electron chi connectivity index (χ4n) is 1.88. The van der Waals surface area contributed by atoms with Gasteiger partial charge in [0.25, 0.3) is 0 Å². The maximum absolute atomic E-state index is 12.1. The van der Waals surface area contributed by atoms with Gasteiger partial charge in [0, 0.05) is 11.7 Å². The summed E-state index contributed by atoms with van der Waals surface area (Å²) in [7, 11) is -3.46. The van der Waals surface area contributed by atoms with Crippen LogP contribution in [0.1, 0.15) is 33.6 Å². The van der Waals surface area contributed by atoms with E-state index in [2.05, 4.69) is 24.0 Å². The Morgan fingerprint density at radius 1 is 1.21 bits per heavy atom. The molecule has 0 amide bonds. The summed E-state index contributed by atoms with van der Waals surface area (Å²) in [4.78, 5) is 0.252. The van der Waals surface area contributed by atoms with Crippen LogP contribution in [0.15, 0.2) is 29.2 Å². The van der Waals surface area contributed by atoms with Gasteiger partial charge in [0.15, 0.2) is 0 Å². The molecule has 0 aliphatic rings. The number of hydrogen-bond donors (Lipinski definition) is 3. The van der Waals surface area contributed by atoms with Gasteiger partial charge in [-0.25, -0.2) is 13.1 Å². The van der Waals surface area contributed by atoms with E-state index < -0.39 is 10.0 Å². The van der Waals surface area contributed by atoms with Crippen LogP contribution in [0.5, 0.6) is 0 Å². The highest BCUT2D eigenvalue weighted by Gasteiger charge is 2.18. The molecule has 0 saturated carbocycles. The van der Waals surface area contributed by atoms with Crippen molar-refractivity contribution in [3.63, 3.8) is 0 Å². The van der Waals surface area contributed by atoms with Crippen LogP contribution < -0.4 is 16.0 Å². The smallest absolute Gasteiger partial charge is 0.240 e. The Labute approximate surface area is 115 Å². The van der Waals surface area contributed by atoms with Gasteiger partial charge in [-0.3, -0.25) is 5.84 Å². The minimum absolute atomic E-state index is 0.0766. The standard InChI is InChI=1S/C13H23N3O2S/c1-4-10(2)9-11(3)16-19(17,18)13-7-5-12(15-14)6-8-13/h5-8,10-11,15-16H,4,9,14H2,1-3H3. The van der Waals surface area contributed by atoms with Crippen LogP contribution in [-0.4, -0.2) is 14.5 Å². The molecule has 2 unspecified atom stereocenters. The number of benzene rings is 1. The lowest BCUT2D eigenvalue weighted by molar-refractivity contribution is 0.445. The summed E-state index contributed by atoms with van der Waals surface area (Å²) >= 11 is 0. The van der Waals surface area contributed by atoms with E-state index in [0.29, 0.717) is 11.6 Å². The van der Waals surface area contributed by atoms with Crippen molar-refractivity contribution in [2.24, 2.45) is 11.8 Å². The highest BCUT2D eigenvalue weighted by molar-refractivity contribution is 7.89. The minimum atomic E-state index is -3.46. The third kappa shape index (κ3) is 4.81. The molecule has 1 aromatic carbocycles. The minimum Gasteiger partial charge on any atom is -0.324 e. The number of hydrazine groups is 1. The number of sulfonamides is 1. The summed E-state index contributed by atoms with van der Waals surface area (Å²) in [5.74, 6) is 5.75. The maximum Gasteiger partial charge on any atom is 0.240 e. The summed E-state index contributed by atoms with van der Waals surface area (Å²) < 4.78 is 27.0. The zero-order chi connectivity index (χ0) is 14.5. The van der Waals surface area contributed by atoms with Crippen molar-refractivity contribution in [3.05, 3.63) is 24.3 Å². The lowest BCUT2D eigenvalue weighted by Crippen LogP contribution is -2.33. The fourth-order valence-corrected chi connectivity index (χ4v) is 3.14. The van der Waals surface area contributed by atoms with Gasteiger partial charge in [-0.2, -0.15) is 0 Å². The largest absolute Gasteiger partial charge is 0.324 e. The molecule has 0 saturated heterocycles. The molecule has 0 heterocycles. The van der Waals surface area contributed by atoms with Crippen molar-refractivity contribution in [3.8, 4) is 0 Å². The van der Waals surface area contributed by atoms with Crippen molar-refractivity contribution >= 4 is 15.7 Å². The zero-order valence-electron chi connectivity index (χ0n) is 11.7. The van der Waals surface area contributed by atoms with Crippen molar-refractivity contribution in [1.29, 1.82) is 0 Å². The molecular weight excluding hydrogens is 262 g/mol. The van der Waals surface area contributed by atoms with Crippen LogP contribution in [0.4, 0.5) is 5.69 Å². The Hall–Kier alpha value is -1.11. The van der Waals surface area contributed by atoms with Crippen molar-refractivity contribution in [2.45, 2.75) is 44.6 Å². The van der Waals surface area contributed by atoms with Gasteiger partial charge in [-0.05, 0) is 43.5 Å². The number of nitrogens with two attached hydrogens (primary N) is 1. The third-order valence-corrected chi connectivity index (χ3v) is 4.75. The first kappa shape index (κ1) is 15.9. The maximum atomic E-state index is 12.1. The van der Waals surface area contributed by atoms with E-state index in [-0.39, 0.29) is 10.9 Å². The zero-order valence-corrected chi connectivity index (χ0v) is 12.5. The van der Waals surface area contributed by atoms with Gasteiger partial charge in [-0.1, -0.05) is 20.3 Å². The molecule has 2 atom stereocenters. The van der Waals surface area contributed by atoms with Crippen molar-refractivity contribution in [2.75, 3.05) is 5.43 Å². The molecule has 108 valence electrons.